The monoisotopic (exact) mass is 1390 g/mol. The van der Waals surface area contributed by atoms with E-state index in [0.29, 0.717) is 0 Å². The number of phosphoric acid groups is 2. The van der Waals surface area contributed by atoms with E-state index in [1.165, 1.54) is 0 Å². The Morgan fingerprint density at radius 2 is 0.622 bits per heavy atom. The van der Waals surface area contributed by atoms with E-state index in [0.717, 1.165) is 0 Å². The van der Waals surface area contributed by atoms with Crippen LogP contribution in [0.3, 0.4) is 0 Å². The van der Waals surface area contributed by atoms with Crippen LogP contribution in [0.15, 0.2) is 0 Å². The molecule has 0 aliphatic heterocycles. The molecule has 52 heteroatoms. The zero-order valence-electron chi connectivity index (χ0n) is 40.6. The summed E-state index contributed by atoms with van der Waals surface area (Å²) < 4.78 is 369. The SMILES string of the molecule is C.C.CC(CCCO)(C(F)(F)F)C(F)(F)F.CC(CCCOP(=O)(O)ON)(C(F)(F)F)C(F)(F)F.CC(CCCOP(=O)(O)ON)(C(F)(F)F)C(F)(F)F.CC(CCCO[P+](=O)ON)(C(F)(F)F)C(F)(F)F.N.N.O.O=[P+]([O-])P(=O)(O)O. The van der Waals surface area contributed by atoms with E-state index in [9.17, 15) is 133 Å². The molecule has 82 heavy (non-hydrogen) atoms. The van der Waals surface area contributed by atoms with Gasteiger partial charge in [-0.05, 0) is 83.7 Å². The second kappa shape index (κ2) is 38.7. The maximum absolute atomic E-state index is 12.4. The highest BCUT2D eigenvalue weighted by Crippen LogP contribution is 2.58. The lowest BCUT2D eigenvalue weighted by atomic mass is 9.84. The molecular formula is C30H63F24N5O18P5+. The number of phosphoric ester groups is 2. The largest absolute Gasteiger partial charge is 0.716 e. The van der Waals surface area contributed by atoms with Gasteiger partial charge in [-0.2, -0.15) is 111 Å². The van der Waals surface area contributed by atoms with E-state index in [-0.39, 0.29) is 60.3 Å². The first-order chi connectivity index (χ1) is 33.5. The molecule has 0 aromatic carbocycles. The Hall–Kier alpha value is -1.51. The second-order valence-electron chi connectivity index (χ2n) is 15.2. The summed E-state index contributed by atoms with van der Waals surface area (Å²) in [6.07, 6.45) is -51.3. The number of alkyl halides is 24. The Bertz CT molecular complexity index is 1790. The van der Waals surface area contributed by atoms with Crippen LogP contribution >= 0.6 is 38.9 Å². The van der Waals surface area contributed by atoms with Crippen LogP contribution in [0.1, 0.15) is 93.9 Å². The van der Waals surface area contributed by atoms with E-state index in [1.54, 1.807) is 0 Å². The number of hydrogen-bond acceptors (Lipinski definition) is 18. The van der Waals surface area contributed by atoms with Crippen molar-refractivity contribution in [1.82, 2.24) is 12.3 Å². The molecule has 0 bridgehead atoms. The molecule has 0 aliphatic rings. The van der Waals surface area contributed by atoms with Crippen LogP contribution in [0, 0.1) is 21.7 Å². The van der Waals surface area contributed by atoms with E-state index in [4.69, 9.17) is 24.7 Å². The minimum atomic E-state index is -5.50. The average Bonchev–Trinajstić information content (AvgIpc) is 3.21. The molecule has 0 aliphatic carbocycles. The third kappa shape index (κ3) is 35.3. The highest BCUT2D eigenvalue weighted by molar-refractivity contribution is 8.19. The number of hydrogen-bond donors (Lipinski definition) is 10. The zero-order valence-corrected chi connectivity index (χ0v) is 45.0. The van der Waals surface area contributed by atoms with Gasteiger partial charge < -0.3 is 37.6 Å². The molecule has 19 N–H and O–H groups in total. The lowest BCUT2D eigenvalue weighted by molar-refractivity contribution is -0.338. The fourth-order valence-electron chi connectivity index (χ4n) is 4.08. The van der Waals surface area contributed by atoms with Gasteiger partial charge in [0.2, 0.25) is 0 Å². The van der Waals surface area contributed by atoms with Crippen molar-refractivity contribution in [1.29, 1.82) is 0 Å². The number of nitrogens with two attached hydrogens (primary N) is 3. The van der Waals surface area contributed by atoms with Gasteiger partial charge in [-0.1, -0.05) is 19.4 Å². The fourth-order valence-corrected chi connectivity index (χ4v) is 5.26. The first-order valence-electron chi connectivity index (χ1n) is 19.0. The zero-order chi connectivity index (χ0) is 63.4. The second-order valence-corrected chi connectivity index (χ2v) is 22.9. The molecule has 508 valence electrons. The van der Waals surface area contributed by atoms with Crippen LogP contribution in [-0.2, 0) is 50.3 Å². The molecule has 4 unspecified atom stereocenters. The third-order valence-electron chi connectivity index (χ3n) is 9.57. The van der Waals surface area contributed by atoms with E-state index < -0.39 is 188 Å². The van der Waals surface area contributed by atoms with Gasteiger partial charge in [0.1, 0.15) is 6.61 Å². The fraction of sp³-hybridized carbons (Fsp3) is 1.00. The maximum atomic E-state index is 12.4. The predicted molar refractivity (Wildman–Crippen MR) is 233 cm³/mol. The van der Waals surface area contributed by atoms with Crippen molar-refractivity contribution in [3.63, 3.8) is 0 Å². The normalized spacial score (nSPS) is 14.9. The van der Waals surface area contributed by atoms with Crippen molar-refractivity contribution in [2.45, 2.75) is 143 Å². The van der Waals surface area contributed by atoms with Crippen LogP contribution in [-0.4, -0.2) is 106 Å². The van der Waals surface area contributed by atoms with Crippen molar-refractivity contribution in [3.8, 4) is 0 Å². The van der Waals surface area contributed by atoms with Crippen LogP contribution < -0.4 is 34.9 Å². The molecule has 0 aromatic heterocycles. The summed E-state index contributed by atoms with van der Waals surface area (Å²) in [5, 5.41) is 8.23. The molecule has 4 atom stereocenters. The first-order valence-corrected chi connectivity index (χ1v) is 26.6. The maximum Gasteiger partial charge on any atom is 0.716 e. The summed E-state index contributed by atoms with van der Waals surface area (Å²) in [6.45, 7) is -2.79. The Kier molecular flexibility index (Phi) is 48.3. The summed E-state index contributed by atoms with van der Waals surface area (Å²) in [5.74, 6) is 13.0. The summed E-state index contributed by atoms with van der Waals surface area (Å²) in [4.78, 5) is 41.7. The van der Waals surface area contributed by atoms with Crippen molar-refractivity contribution in [2.24, 2.45) is 39.4 Å². The lowest BCUT2D eigenvalue weighted by Gasteiger charge is -2.33. The predicted octanol–water partition coefficient (Wildman–Crippen LogP) is 12.1. The van der Waals surface area contributed by atoms with Gasteiger partial charge in [0, 0.05) is 11.2 Å². The topological polar surface area (TPSA) is 444 Å². The van der Waals surface area contributed by atoms with Gasteiger partial charge >= 0.3 is 88.3 Å². The average molecular weight is 1390 g/mol. The number of halogens is 24. The number of aliphatic hydroxyl groups is 1. The van der Waals surface area contributed by atoms with Gasteiger partial charge in [-0.25, -0.2) is 34.7 Å². The minimum absolute atomic E-state index is 0. The van der Waals surface area contributed by atoms with E-state index >= 15 is 0 Å². The Morgan fingerprint density at radius 1 is 0.439 bits per heavy atom. The Balaban J connectivity index is -0.0000000997. The van der Waals surface area contributed by atoms with Crippen LogP contribution in [0.25, 0.3) is 0 Å². The van der Waals surface area contributed by atoms with Gasteiger partial charge in [-0.3, -0.25) is 18.8 Å². The van der Waals surface area contributed by atoms with Crippen molar-refractivity contribution < 1.29 is 191 Å². The van der Waals surface area contributed by atoms with Crippen molar-refractivity contribution >= 4 is 38.9 Å². The molecule has 0 saturated carbocycles. The smallest absolute Gasteiger partial charge is 0.588 e. The molecule has 0 heterocycles. The number of aliphatic hydroxyl groups excluding tert-OH is 1. The molecule has 0 fully saturated rings. The van der Waals surface area contributed by atoms with Crippen LogP contribution in [0.4, 0.5) is 105 Å². The highest BCUT2D eigenvalue weighted by Gasteiger charge is 2.69. The molecule has 0 spiro atoms. The highest BCUT2D eigenvalue weighted by atomic mass is 32.1. The number of rotatable bonds is 22. The first kappa shape index (κ1) is 102. The molecule has 0 rings (SSSR count). The van der Waals surface area contributed by atoms with Crippen LogP contribution in [0.5, 0.6) is 0 Å². The lowest BCUT2D eigenvalue weighted by Crippen LogP contribution is -2.47. The van der Waals surface area contributed by atoms with Gasteiger partial charge in [0.25, 0.3) is 0 Å². The van der Waals surface area contributed by atoms with Crippen molar-refractivity contribution in [2.75, 3.05) is 26.4 Å². The van der Waals surface area contributed by atoms with Gasteiger partial charge in [0.15, 0.2) is 21.7 Å². The van der Waals surface area contributed by atoms with Gasteiger partial charge in [-0.15, -0.1) is 4.52 Å². The Morgan fingerprint density at radius 3 is 0.768 bits per heavy atom. The third-order valence-corrected chi connectivity index (χ3v) is 13.4. The molecule has 0 aromatic rings. The summed E-state index contributed by atoms with van der Waals surface area (Å²) >= 11 is 0. The molecular weight excluding hydrogens is 1330 g/mol. The van der Waals surface area contributed by atoms with E-state index in [2.05, 4.69) is 45.1 Å². The molecule has 0 saturated heterocycles. The molecule has 0 amide bonds. The summed E-state index contributed by atoms with van der Waals surface area (Å²) in [6, 6.07) is 0. The quantitative estimate of drug-likeness (QED) is 0.0208. The van der Waals surface area contributed by atoms with Crippen LogP contribution in [0.2, 0.25) is 0 Å². The molecule has 0 radical (unpaired) electrons. The standard InChI is InChI=1S/2C7H12F6NO4P.C7H11F6NO3P.C7H10F6O.2CH4.2H3N.H2O5P2.H2O/c2*1-5(6(8,9)10,7(11,12)13)3-2-4-17-19(15,16)18-14;1-5(6(8,9)10,7(11,12)13)3-2-4-16-18(15)17-14;1-5(3-2-4-14,6(8,9)10)7(11,12)13;;;;;1-6(2)7(3,4)5;/h2*2-4,14H2,1H3,(H,15,16);2-4,14H2,1H3;14H,2-4H2,1H3;2*1H4;2*1H3;(H2,3,4,5);1H2/q;;+1;;;;;;;. The Labute approximate surface area is 451 Å². The molecule has 23 nitrogen and oxygen atoms in total. The van der Waals surface area contributed by atoms with E-state index in [1.807, 2.05) is 0 Å². The summed E-state index contributed by atoms with van der Waals surface area (Å²) in [7, 11) is -20.3. The van der Waals surface area contributed by atoms with Crippen molar-refractivity contribution in [3.05, 3.63) is 0 Å². The summed E-state index contributed by atoms with van der Waals surface area (Å²) in [5.41, 5.74) is -15.4. The van der Waals surface area contributed by atoms with Gasteiger partial charge in [0.05, 0.1) is 13.2 Å². The minimum Gasteiger partial charge on any atom is -0.588 e.